The Kier molecular flexibility index (Phi) is 6.13. The number of rotatable bonds is 3. The van der Waals surface area contributed by atoms with Crippen LogP contribution >= 0.6 is 12.4 Å². The maximum absolute atomic E-state index is 13.5. The predicted octanol–water partition coefficient (Wildman–Crippen LogP) is 2.40. The monoisotopic (exact) mass is 370 g/mol. The van der Waals surface area contributed by atoms with Crippen LogP contribution in [-0.4, -0.2) is 40.0 Å². The van der Waals surface area contributed by atoms with Crippen LogP contribution in [0.15, 0.2) is 30.6 Å². The third-order valence-corrected chi connectivity index (χ3v) is 4.50. The summed E-state index contributed by atoms with van der Waals surface area (Å²) in [6.45, 7) is 3.56. The van der Waals surface area contributed by atoms with Gasteiger partial charge in [0.2, 0.25) is 5.91 Å². The molecule has 1 aromatic heterocycles. The van der Waals surface area contributed by atoms with E-state index in [4.69, 9.17) is 0 Å². The molecule has 136 valence electrons. The van der Waals surface area contributed by atoms with Crippen LogP contribution in [0.1, 0.15) is 30.3 Å². The number of benzene rings is 1. The number of carbonyl (C=O) groups excluding carboxylic acids is 1. The Bertz CT molecular complexity index is 752. The van der Waals surface area contributed by atoms with Gasteiger partial charge in [0.05, 0.1) is 5.92 Å². The molecule has 1 aliphatic heterocycles. The van der Waals surface area contributed by atoms with Gasteiger partial charge < -0.3 is 14.8 Å². The number of imidazole rings is 1. The van der Waals surface area contributed by atoms with E-state index >= 15 is 0 Å². The highest BCUT2D eigenvalue weighted by Crippen LogP contribution is 2.27. The number of piperazine rings is 1. The molecule has 8 heteroatoms. The van der Waals surface area contributed by atoms with Crippen LogP contribution in [0.25, 0.3) is 0 Å². The molecule has 1 aromatic carbocycles. The third-order valence-electron chi connectivity index (χ3n) is 4.50. The van der Waals surface area contributed by atoms with Gasteiger partial charge in [0.15, 0.2) is 11.6 Å². The minimum Gasteiger partial charge on any atom is -0.336 e. The molecule has 5 nitrogen and oxygen atoms in total. The zero-order valence-corrected chi connectivity index (χ0v) is 14.9. The van der Waals surface area contributed by atoms with Crippen molar-refractivity contribution in [2.45, 2.75) is 18.9 Å². The molecular formula is C17H21ClF2N4O. The van der Waals surface area contributed by atoms with Gasteiger partial charge in [-0.25, -0.2) is 13.8 Å². The average molecular weight is 371 g/mol. The number of aromatic nitrogens is 2. The second kappa shape index (κ2) is 7.93. The Morgan fingerprint density at radius 3 is 2.76 bits per heavy atom. The van der Waals surface area contributed by atoms with Crippen molar-refractivity contribution in [3.05, 3.63) is 53.6 Å². The van der Waals surface area contributed by atoms with Crippen LogP contribution < -0.4 is 5.32 Å². The number of amides is 1. The van der Waals surface area contributed by atoms with Gasteiger partial charge in [-0.2, -0.15) is 0 Å². The van der Waals surface area contributed by atoms with E-state index in [2.05, 4.69) is 10.3 Å². The summed E-state index contributed by atoms with van der Waals surface area (Å²) in [6.07, 6.45) is 3.54. The molecule has 1 aliphatic rings. The minimum atomic E-state index is -0.937. The summed E-state index contributed by atoms with van der Waals surface area (Å²) in [5, 5.41) is 3.27. The molecule has 1 fully saturated rings. The van der Waals surface area contributed by atoms with Crippen molar-refractivity contribution in [2.75, 3.05) is 19.6 Å². The van der Waals surface area contributed by atoms with E-state index < -0.39 is 17.6 Å². The van der Waals surface area contributed by atoms with Gasteiger partial charge in [0.1, 0.15) is 11.9 Å². The molecule has 3 rings (SSSR count). The van der Waals surface area contributed by atoms with Gasteiger partial charge in [-0.3, -0.25) is 4.79 Å². The first-order valence-corrected chi connectivity index (χ1v) is 7.92. The molecule has 1 N–H and O–H groups in total. The van der Waals surface area contributed by atoms with Gasteiger partial charge in [-0.1, -0.05) is 6.07 Å². The summed E-state index contributed by atoms with van der Waals surface area (Å²) in [5.74, 6) is -1.72. The van der Waals surface area contributed by atoms with Crippen molar-refractivity contribution in [1.82, 2.24) is 19.8 Å². The molecule has 1 saturated heterocycles. The lowest BCUT2D eigenvalue weighted by Gasteiger charge is -2.37. The highest BCUT2D eigenvalue weighted by atomic mass is 35.5. The van der Waals surface area contributed by atoms with E-state index in [1.54, 1.807) is 18.0 Å². The molecule has 2 atom stereocenters. The summed E-state index contributed by atoms with van der Waals surface area (Å²) < 4.78 is 28.5. The minimum absolute atomic E-state index is 0. The van der Waals surface area contributed by atoms with Gasteiger partial charge in [0.25, 0.3) is 0 Å². The van der Waals surface area contributed by atoms with Crippen LogP contribution in [-0.2, 0) is 11.8 Å². The van der Waals surface area contributed by atoms with E-state index in [9.17, 15) is 13.6 Å². The fourth-order valence-electron chi connectivity index (χ4n) is 3.07. The Balaban J connectivity index is 0.00000225. The molecule has 2 heterocycles. The molecule has 0 saturated carbocycles. The highest BCUT2D eigenvalue weighted by molar-refractivity contribution is 5.85. The Labute approximate surface area is 151 Å². The van der Waals surface area contributed by atoms with Crippen LogP contribution in [0.3, 0.4) is 0 Å². The molecule has 25 heavy (non-hydrogen) atoms. The summed E-state index contributed by atoms with van der Waals surface area (Å²) in [5.41, 5.74) is 0.469. The number of aryl methyl sites for hydroxylation is 1. The van der Waals surface area contributed by atoms with E-state index in [0.29, 0.717) is 25.2 Å². The van der Waals surface area contributed by atoms with Crippen molar-refractivity contribution >= 4 is 18.3 Å². The van der Waals surface area contributed by atoms with Gasteiger partial charge in [-0.15, -0.1) is 12.4 Å². The lowest BCUT2D eigenvalue weighted by Crippen LogP contribution is -2.50. The van der Waals surface area contributed by atoms with Crippen molar-refractivity contribution in [2.24, 2.45) is 7.05 Å². The topological polar surface area (TPSA) is 50.2 Å². The number of carbonyl (C=O) groups is 1. The van der Waals surface area contributed by atoms with Crippen molar-refractivity contribution < 1.29 is 13.6 Å². The van der Waals surface area contributed by atoms with Crippen molar-refractivity contribution in [3.8, 4) is 0 Å². The lowest BCUT2D eigenvalue weighted by molar-refractivity contribution is -0.136. The Hall–Kier alpha value is -1.99. The lowest BCUT2D eigenvalue weighted by atomic mass is 9.98. The van der Waals surface area contributed by atoms with Crippen molar-refractivity contribution in [1.29, 1.82) is 0 Å². The predicted molar refractivity (Wildman–Crippen MR) is 92.6 cm³/mol. The van der Waals surface area contributed by atoms with Gasteiger partial charge >= 0.3 is 0 Å². The van der Waals surface area contributed by atoms with Gasteiger partial charge in [-0.05, 0) is 24.6 Å². The van der Waals surface area contributed by atoms with E-state index in [0.717, 1.165) is 18.0 Å². The standard InChI is InChI=1S/C17H20F2N4O.ClH/c1-11(12-3-4-13(18)14(19)9-12)17(24)23-8-5-20-10-15(23)16-21-6-7-22(16)2;/h3-4,6-7,9,11,15,20H,5,8,10H2,1-2H3;1H. The normalized spacial score (nSPS) is 18.6. The first-order valence-electron chi connectivity index (χ1n) is 7.92. The molecule has 0 bridgehead atoms. The Morgan fingerprint density at radius 1 is 1.36 bits per heavy atom. The average Bonchev–Trinajstić information content (AvgIpc) is 3.02. The number of hydrogen-bond donors (Lipinski definition) is 1. The van der Waals surface area contributed by atoms with Crippen LogP contribution in [0.5, 0.6) is 0 Å². The number of nitrogens with one attached hydrogen (secondary N) is 1. The largest absolute Gasteiger partial charge is 0.336 e. The van der Waals surface area contributed by atoms with E-state index in [-0.39, 0.29) is 24.4 Å². The third kappa shape index (κ3) is 3.82. The Morgan fingerprint density at radius 2 is 2.12 bits per heavy atom. The second-order valence-corrected chi connectivity index (χ2v) is 6.04. The molecule has 2 aromatic rings. The first kappa shape index (κ1) is 19.3. The molecule has 0 radical (unpaired) electrons. The summed E-state index contributed by atoms with van der Waals surface area (Å²) in [6, 6.07) is 3.43. The van der Waals surface area contributed by atoms with E-state index in [1.165, 1.54) is 6.07 Å². The highest BCUT2D eigenvalue weighted by Gasteiger charge is 2.33. The molecule has 0 aliphatic carbocycles. The fraction of sp³-hybridized carbons (Fsp3) is 0.412. The quantitative estimate of drug-likeness (QED) is 0.902. The molecule has 0 spiro atoms. The van der Waals surface area contributed by atoms with Crippen LogP contribution in [0, 0.1) is 11.6 Å². The summed E-state index contributed by atoms with van der Waals surface area (Å²) in [7, 11) is 1.89. The van der Waals surface area contributed by atoms with Crippen LogP contribution in [0.2, 0.25) is 0 Å². The van der Waals surface area contributed by atoms with Crippen LogP contribution in [0.4, 0.5) is 8.78 Å². The molecular weight excluding hydrogens is 350 g/mol. The molecule has 2 unspecified atom stereocenters. The summed E-state index contributed by atoms with van der Waals surface area (Å²) >= 11 is 0. The maximum atomic E-state index is 13.5. The first-order chi connectivity index (χ1) is 11.5. The number of nitrogens with zero attached hydrogens (tertiary/aromatic N) is 3. The zero-order chi connectivity index (χ0) is 17.3. The number of hydrogen-bond acceptors (Lipinski definition) is 3. The SMILES string of the molecule is CC(C(=O)N1CCNCC1c1nccn1C)c1ccc(F)c(F)c1.Cl. The molecule has 1 amide bonds. The van der Waals surface area contributed by atoms with Gasteiger partial charge in [0, 0.05) is 39.1 Å². The number of halogens is 3. The maximum Gasteiger partial charge on any atom is 0.230 e. The van der Waals surface area contributed by atoms with Crippen molar-refractivity contribution in [3.63, 3.8) is 0 Å². The zero-order valence-electron chi connectivity index (χ0n) is 14.1. The fourth-order valence-corrected chi connectivity index (χ4v) is 3.07. The van der Waals surface area contributed by atoms with E-state index in [1.807, 2.05) is 17.8 Å². The smallest absolute Gasteiger partial charge is 0.230 e. The second-order valence-electron chi connectivity index (χ2n) is 6.04. The summed E-state index contributed by atoms with van der Waals surface area (Å²) in [4.78, 5) is 19.1.